The third-order valence-electron chi connectivity index (χ3n) is 5.12. The first-order chi connectivity index (χ1) is 14.9. The van der Waals surface area contributed by atoms with Crippen LogP contribution in [-0.2, 0) is 13.1 Å². The zero-order chi connectivity index (χ0) is 22.4. The van der Waals surface area contributed by atoms with Crippen LogP contribution in [0.15, 0.2) is 46.1 Å². The Morgan fingerprint density at radius 1 is 1.19 bits per heavy atom. The van der Waals surface area contributed by atoms with Crippen molar-refractivity contribution >= 4 is 11.5 Å². The number of hydrogen-bond donors (Lipinski definition) is 2. The Labute approximate surface area is 181 Å². The van der Waals surface area contributed by atoms with Gasteiger partial charge in [0.1, 0.15) is 17.2 Å². The number of H-pyrrole nitrogens is 1. The van der Waals surface area contributed by atoms with Gasteiger partial charge in [0.25, 0.3) is 5.56 Å². The number of anilines is 2. The second-order valence-electron chi connectivity index (χ2n) is 8.06. The average molecular weight is 426 g/mol. The average Bonchev–Trinajstić information content (AvgIpc) is 3.20. The van der Waals surface area contributed by atoms with Gasteiger partial charge in [-0.1, -0.05) is 45.4 Å². The number of nitrogen functional groups attached to an aromatic ring is 1. The van der Waals surface area contributed by atoms with Gasteiger partial charge in [-0.2, -0.15) is 15.0 Å². The maximum Gasteiger partial charge on any atom is 0.330 e. The highest BCUT2D eigenvalue weighted by atomic mass is 16.2. The predicted molar refractivity (Wildman–Crippen MR) is 123 cm³/mol. The summed E-state index contributed by atoms with van der Waals surface area (Å²) >= 11 is 0. The van der Waals surface area contributed by atoms with Crippen LogP contribution in [0.25, 0.3) is 5.69 Å². The van der Waals surface area contributed by atoms with Crippen molar-refractivity contribution in [1.29, 1.82) is 0 Å². The molecule has 0 unspecified atom stereocenters. The quantitative estimate of drug-likeness (QED) is 0.516. The van der Waals surface area contributed by atoms with Gasteiger partial charge >= 0.3 is 5.69 Å². The lowest BCUT2D eigenvalue weighted by atomic mass is 10.1. The second kappa shape index (κ2) is 10.1. The number of rotatable bonds is 10. The lowest BCUT2D eigenvalue weighted by Gasteiger charge is -2.26. The SMILES string of the molecule is CCCCn1c(N)c(N(CCC(C)C)Cc2cnn(-c3ccccc3)n2)c(=O)[nH]c1=O. The lowest BCUT2D eigenvalue weighted by molar-refractivity contribution is 0.563. The summed E-state index contributed by atoms with van der Waals surface area (Å²) in [6.45, 7) is 7.72. The van der Waals surface area contributed by atoms with Gasteiger partial charge in [0.05, 0.1) is 18.4 Å². The predicted octanol–water partition coefficient (Wildman–Crippen LogP) is 2.55. The van der Waals surface area contributed by atoms with E-state index in [1.807, 2.05) is 42.2 Å². The minimum Gasteiger partial charge on any atom is -0.383 e. The highest BCUT2D eigenvalue weighted by Crippen LogP contribution is 2.20. The molecule has 2 aromatic heterocycles. The van der Waals surface area contributed by atoms with Crippen molar-refractivity contribution in [1.82, 2.24) is 24.5 Å². The Hall–Kier alpha value is -3.36. The smallest absolute Gasteiger partial charge is 0.330 e. The molecule has 0 amide bonds. The zero-order valence-electron chi connectivity index (χ0n) is 18.4. The first-order valence-electron chi connectivity index (χ1n) is 10.7. The molecule has 0 fully saturated rings. The molecule has 166 valence electrons. The number of nitrogens with zero attached hydrogens (tertiary/aromatic N) is 5. The Balaban J connectivity index is 1.96. The molecular formula is C22H31N7O2. The van der Waals surface area contributed by atoms with E-state index in [0.717, 1.165) is 24.9 Å². The highest BCUT2D eigenvalue weighted by Gasteiger charge is 2.20. The van der Waals surface area contributed by atoms with E-state index in [1.54, 1.807) is 11.0 Å². The van der Waals surface area contributed by atoms with E-state index < -0.39 is 11.2 Å². The van der Waals surface area contributed by atoms with Crippen LogP contribution in [0, 0.1) is 5.92 Å². The summed E-state index contributed by atoms with van der Waals surface area (Å²) in [4.78, 5) is 31.0. The van der Waals surface area contributed by atoms with Crippen LogP contribution < -0.4 is 21.9 Å². The first-order valence-corrected chi connectivity index (χ1v) is 10.7. The van der Waals surface area contributed by atoms with Crippen LogP contribution in [0.1, 0.15) is 45.7 Å². The van der Waals surface area contributed by atoms with E-state index in [-0.39, 0.29) is 5.82 Å². The molecule has 9 nitrogen and oxygen atoms in total. The monoisotopic (exact) mass is 425 g/mol. The fraction of sp³-hybridized carbons (Fsp3) is 0.455. The van der Waals surface area contributed by atoms with Gasteiger partial charge in [-0.25, -0.2) is 4.79 Å². The highest BCUT2D eigenvalue weighted by molar-refractivity contribution is 5.62. The minimum absolute atomic E-state index is 0.196. The molecule has 0 aliphatic carbocycles. The van der Waals surface area contributed by atoms with Crippen LogP contribution in [0.3, 0.4) is 0 Å². The van der Waals surface area contributed by atoms with Crippen molar-refractivity contribution in [3.63, 3.8) is 0 Å². The molecule has 0 spiro atoms. The number of nitrogens with one attached hydrogen (secondary N) is 1. The normalized spacial score (nSPS) is 11.2. The molecule has 31 heavy (non-hydrogen) atoms. The van der Waals surface area contributed by atoms with Gasteiger partial charge in [-0.05, 0) is 30.9 Å². The third kappa shape index (κ3) is 5.42. The molecule has 1 aromatic carbocycles. The first kappa shape index (κ1) is 22.3. The van der Waals surface area contributed by atoms with Crippen LogP contribution >= 0.6 is 0 Å². The van der Waals surface area contributed by atoms with Gasteiger partial charge in [0.15, 0.2) is 0 Å². The number of aromatic nitrogens is 5. The Kier molecular flexibility index (Phi) is 7.28. The number of benzene rings is 1. The van der Waals surface area contributed by atoms with Gasteiger partial charge in [-0.15, -0.1) is 0 Å². The van der Waals surface area contributed by atoms with Crippen molar-refractivity contribution in [3.8, 4) is 5.69 Å². The van der Waals surface area contributed by atoms with Crippen molar-refractivity contribution < 1.29 is 0 Å². The standard InChI is InChI=1S/C22H31N7O2/c1-4-5-12-28-20(23)19(21(30)25-22(28)31)27(13-11-16(2)3)15-17-14-24-29(26-17)18-9-7-6-8-10-18/h6-10,14,16H,4-5,11-13,15,23H2,1-3H3,(H,25,30,31). The van der Waals surface area contributed by atoms with E-state index >= 15 is 0 Å². The van der Waals surface area contributed by atoms with Crippen molar-refractivity contribution in [2.24, 2.45) is 5.92 Å². The molecule has 9 heteroatoms. The van der Waals surface area contributed by atoms with Crippen LogP contribution in [0.5, 0.6) is 0 Å². The summed E-state index contributed by atoms with van der Waals surface area (Å²) in [5.74, 6) is 0.634. The Morgan fingerprint density at radius 3 is 2.61 bits per heavy atom. The van der Waals surface area contributed by atoms with Crippen molar-refractivity contribution in [2.45, 2.75) is 53.1 Å². The zero-order valence-corrected chi connectivity index (χ0v) is 18.4. The maximum atomic E-state index is 12.8. The molecule has 0 saturated carbocycles. The molecule has 2 heterocycles. The summed E-state index contributed by atoms with van der Waals surface area (Å²) in [6, 6.07) is 9.63. The topological polar surface area (TPSA) is 115 Å². The molecule has 0 aliphatic rings. The molecule has 3 aromatic rings. The van der Waals surface area contributed by atoms with E-state index in [2.05, 4.69) is 29.0 Å². The van der Waals surface area contributed by atoms with E-state index in [1.165, 1.54) is 4.57 Å². The molecule has 0 saturated heterocycles. The summed E-state index contributed by atoms with van der Waals surface area (Å²) in [5, 5.41) is 8.92. The van der Waals surface area contributed by atoms with Crippen LogP contribution in [0.2, 0.25) is 0 Å². The Morgan fingerprint density at radius 2 is 1.94 bits per heavy atom. The number of aromatic amines is 1. The third-order valence-corrected chi connectivity index (χ3v) is 5.12. The van der Waals surface area contributed by atoms with Gasteiger partial charge in [0, 0.05) is 13.1 Å². The summed E-state index contributed by atoms with van der Waals surface area (Å²) in [7, 11) is 0. The van der Waals surface area contributed by atoms with E-state index in [9.17, 15) is 9.59 Å². The largest absolute Gasteiger partial charge is 0.383 e. The molecule has 0 aliphatic heterocycles. The lowest BCUT2D eigenvalue weighted by Crippen LogP contribution is -2.39. The maximum absolute atomic E-state index is 12.8. The van der Waals surface area contributed by atoms with Crippen LogP contribution in [0.4, 0.5) is 11.5 Å². The van der Waals surface area contributed by atoms with E-state index in [0.29, 0.717) is 36.9 Å². The van der Waals surface area contributed by atoms with E-state index in [4.69, 9.17) is 5.73 Å². The number of para-hydroxylation sites is 1. The van der Waals surface area contributed by atoms with Crippen molar-refractivity contribution in [3.05, 3.63) is 63.1 Å². The van der Waals surface area contributed by atoms with Gasteiger partial charge < -0.3 is 10.6 Å². The summed E-state index contributed by atoms with van der Waals surface area (Å²) < 4.78 is 1.45. The van der Waals surface area contributed by atoms with Crippen LogP contribution in [-0.4, -0.2) is 31.1 Å². The second-order valence-corrected chi connectivity index (χ2v) is 8.06. The Bertz CT molecular complexity index is 1100. The molecule has 0 atom stereocenters. The van der Waals surface area contributed by atoms with Gasteiger partial charge in [0.2, 0.25) is 0 Å². The fourth-order valence-corrected chi connectivity index (χ4v) is 3.35. The number of unbranched alkanes of at least 4 members (excludes halogenated alkanes) is 1. The molecule has 0 bridgehead atoms. The molecule has 3 rings (SSSR count). The number of hydrogen-bond acceptors (Lipinski definition) is 6. The fourth-order valence-electron chi connectivity index (χ4n) is 3.35. The minimum atomic E-state index is -0.477. The molecular weight excluding hydrogens is 394 g/mol. The summed E-state index contributed by atoms with van der Waals surface area (Å²) in [5.41, 5.74) is 7.26. The van der Waals surface area contributed by atoms with Crippen molar-refractivity contribution in [2.75, 3.05) is 17.2 Å². The summed E-state index contributed by atoms with van der Waals surface area (Å²) in [6.07, 6.45) is 4.26. The number of nitrogens with two attached hydrogens (primary N) is 1. The molecule has 0 radical (unpaired) electrons. The van der Waals surface area contributed by atoms with Gasteiger partial charge in [-0.3, -0.25) is 14.3 Å². The molecule has 3 N–H and O–H groups in total.